The van der Waals surface area contributed by atoms with E-state index < -0.39 is 0 Å². The second kappa shape index (κ2) is 8.12. The Kier molecular flexibility index (Phi) is 5.18. The average Bonchev–Trinajstić information content (AvgIpc) is 3.34. The summed E-state index contributed by atoms with van der Waals surface area (Å²) in [5.41, 5.74) is 4.70. The van der Waals surface area contributed by atoms with Gasteiger partial charge in [-0.2, -0.15) is 0 Å². The van der Waals surface area contributed by atoms with Crippen molar-refractivity contribution in [2.24, 2.45) is 4.99 Å². The Morgan fingerprint density at radius 1 is 1.17 bits per heavy atom. The molecule has 2 aliphatic heterocycles. The van der Waals surface area contributed by atoms with Crippen molar-refractivity contribution in [1.82, 2.24) is 9.97 Å². The number of carbonyl (C=O) groups is 1. The third-order valence-electron chi connectivity index (χ3n) is 4.77. The summed E-state index contributed by atoms with van der Waals surface area (Å²) in [6.45, 7) is 3.67. The molecule has 5 rings (SSSR count). The Hall–Kier alpha value is -2.84. The van der Waals surface area contributed by atoms with Crippen LogP contribution in [0.25, 0.3) is 11.3 Å². The van der Waals surface area contributed by atoms with Gasteiger partial charge in [0.1, 0.15) is 0 Å². The lowest BCUT2D eigenvalue weighted by Gasteiger charge is -2.13. The largest absolute Gasteiger partial charge is 0.325 e. The van der Waals surface area contributed by atoms with E-state index in [4.69, 9.17) is 0 Å². The van der Waals surface area contributed by atoms with Crippen molar-refractivity contribution < 1.29 is 4.79 Å². The maximum absolute atomic E-state index is 12.5. The van der Waals surface area contributed by atoms with Gasteiger partial charge in [0.2, 0.25) is 5.91 Å². The summed E-state index contributed by atoms with van der Waals surface area (Å²) in [6, 6.07) is 17.9. The minimum atomic E-state index is -0.0766. The van der Waals surface area contributed by atoms with Gasteiger partial charge in [0.25, 0.3) is 0 Å². The fraction of sp³-hybridized carbons (Fsp3) is 0.182. The van der Waals surface area contributed by atoms with Crippen molar-refractivity contribution in [1.29, 1.82) is 0 Å². The van der Waals surface area contributed by atoms with E-state index in [0.29, 0.717) is 5.16 Å². The number of nitrogens with zero attached hydrogens (tertiary/aromatic N) is 4. The van der Waals surface area contributed by atoms with Crippen LogP contribution in [0.1, 0.15) is 5.69 Å². The third-order valence-corrected chi connectivity index (χ3v) is 6.72. The van der Waals surface area contributed by atoms with Crippen molar-refractivity contribution in [3.05, 3.63) is 60.3 Å². The number of aliphatic imine (C=N–C) groups is 1. The van der Waals surface area contributed by atoms with E-state index in [0.717, 1.165) is 46.6 Å². The van der Waals surface area contributed by atoms with Crippen LogP contribution in [0, 0.1) is 6.92 Å². The smallest absolute Gasteiger partial charge is 0.234 e. The van der Waals surface area contributed by atoms with E-state index in [1.165, 1.54) is 16.7 Å². The SMILES string of the molecule is Cc1cc(-c2ccccc2)nc(SCC(=O)Nc2ccc3c(c2)N2CCN=C2S3)n1. The molecule has 3 heterocycles. The molecule has 6 nitrogen and oxygen atoms in total. The van der Waals surface area contributed by atoms with E-state index in [2.05, 4.69) is 25.2 Å². The maximum Gasteiger partial charge on any atom is 0.234 e. The van der Waals surface area contributed by atoms with E-state index in [9.17, 15) is 4.79 Å². The number of carbonyl (C=O) groups excluding carboxylic acids is 1. The highest BCUT2D eigenvalue weighted by Crippen LogP contribution is 2.43. The van der Waals surface area contributed by atoms with Crippen LogP contribution >= 0.6 is 23.5 Å². The minimum absolute atomic E-state index is 0.0766. The molecule has 150 valence electrons. The van der Waals surface area contributed by atoms with Crippen LogP contribution in [-0.4, -0.2) is 39.9 Å². The number of hydrogen-bond donors (Lipinski definition) is 1. The van der Waals surface area contributed by atoms with Gasteiger partial charge in [0, 0.05) is 28.4 Å². The van der Waals surface area contributed by atoms with Gasteiger partial charge in [-0.15, -0.1) is 0 Å². The molecule has 0 saturated carbocycles. The number of hydrogen-bond acceptors (Lipinski definition) is 7. The summed E-state index contributed by atoms with van der Waals surface area (Å²) in [5.74, 6) is 0.173. The highest BCUT2D eigenvalue weighted by molar-refractivity contribution is 8.14. The zero-order chi connectivity index (χ0) is 20.5. The summed E-state index contributed by atoms with van der Waals surface area (Å²) in [7, 11) is 0. The lowest BCUT2D eigenvalue weighted by molar-refractivity contribution is -0.113. The molecule has 3 aromatic rings. The number of anilines is 2. The molecule has 1 aromatic heterocycles. The minimum Gasteiger partial charge on any atom is -0.325 e. The van der Waals surface area contributed by atoms with Crippen LogP contribution in [0.15, 0.2) is 69.6 Å². The number of thioether (sulfide) groups is 2. The molecule has 0 unspecified atom stereocenters. The normalized spacial score (nSPS) is 14.3. The Bertz CT molecular complexity index is 1150. The average molecular weight is 434 g/mol. The lowest BCUT2D eigenvalue weighted by Crippen LogP contribution is -2.21. The Balaban J connectivity index is 1.25. The number of amides is 1. The molecule has 1 amide bonds. The van der Waals surface area contributed by atoms with E-state index in [-0.39, 0.29) is 11.7 Å². The first-order valence-corrected chi connectivity index (χ1v) is 11.4. The number of aryl methyl sites for hydroxylation is 1. The molecule has 2 aliphatic rings. The number of rotatable bonds is 5. The zero-order valence-corrected chi connectivity index (χ0v) is 18.0. The van der Waals surface area contributed by atoms with Crippen LogP contribution in [-0.2, 0) is 4.79 Å². The first-order chi connectivity index (χ1) is 14.7. The van der Waals surface area contributed by atoms with Crippen LogP contribution in [0.5, 0.6) is 0 Å². The van der Waals surface area contributed by atoms with Crippen molar-refractivity contribution in [2.45, 2.75) is 17.0 Å². The maximum atomic E-state index is 12.5. The monoisotopic (exact) mass is 433 g/mol. The van der Waals surface area contributed by atoms with Gasteiger partial charge in [-0.05, 0) is 43.0 Å². The zero-order valence-electron chi connectivity index (χ0n) is 16.3. The van der Waals surface area contributed by atoms with Gasteiger partial charge in [-0.25, -0.2) is 9.97 Å². The molecular formula is C22H19N5OS2. The second-order valence-corrected chi connectivity index (χ2v) is 8.93. The van der Waals surface area contributed by atoms with Gasteiger partial charge in [0.15, 0.2) is 10.3 Å². The summed E-state index contributed by atoms with van der Waals surface area (Å²) in [5, 5.41) is 4.65. The second-order valence-electron chi connectivity index (χ2n) is 6.98. The molecule has 0 fully saturated rings. The standard InChI is InChI=1S/C22H19N5OS2/c1-14-11-17(15-5-3-2-4-6-15)26-21(24-14)29-13-20(28)25-16-7-8-19-18(12-16)27-10-9-23-22(27)30-19/h2-8,11-12H,9-10,13H2,1H3,(H,25,28). The van der Waals surface area contributed by atoms with E-state index in [1.807, 2.05) is 61.5 Å². The molecule has 30 heavy (non-hydrogen) atoms. The summed E-state index contributed by atoms with van der Waals surface area (Å²) in [6.07, 6.45) is 0. The Labute approximate surface area is 183 Å². The van der Waals surface area contributed by atoms with Crippen molar-refractivity contribution in [2.75, 3.05) is 29.1 Å². The highest BCUT2D eigenvalue weighted by atomic mass is 32.2. The quantitative estimate of drug-likeness (QED) is 0.473. The molecule has 0 radical (unpaired) electrons. The summed E-state index contributed by atoms with van der Waals surface area (Å²) >= 11 is 3.03. The van der Waals surface area contributed by atoms with Crippen LogP contribution in [0.2, 0.25) is 0 Å². The number of aromatic nitrogens is 2. The predicted octanol–water partition coefficient (Wildman–Crippen LogP) is 4.46. The first-order valence-electron chi connectivity index (χ1n) is 9.63. The number of benzene rings is 2. The molecule has 8 heteroatoms. The van der Waals surface area contributed by atoms with Gasteiger partial charge in [0.05, 0.1) is 23.7 Å². The third kappa shape index (κ3) is 3.93. The topological polar surface area (TPSA) is 70.5 Å². The number of fused-ring (bicyclic) bond motifs is 3. The first kappa shape index (κ1) is 19.1. The predicted molar refractivity (Wildman–Crippen MR) is 124 cm³/mol. The Morgan fingerprint density at radius 2 is 2.03 bits per heavy atom. The molecular weight excluding hydrogens is 414 g/mol. The molecule has 1 N–H and O–H groups in total. The lowest BCUT2D eigenvalue weighted by atomic mass is 10.1. The van der Waals surface area contributed by atoms with E-state index >= 15 is 0 Å². The van der Waals surface area contributed by atoms with Gasteiger partial charge >= 0.3 is 0 Å². The molecule has 2 aromatic carbocycles. The van der Waals surface area contributed by atoms with Crippen molar-refractivity contribution >= 4 is 46.0 Å². The highest BCUT2D eigenvalue weighted by Gasteiger charge is 2.29. The van der Waals surface area contributed by atoms with Crippen molar-refractivity contribution in [3.8, 4) is 11.3 Å². The van der Waals surface area contributed by atoms with Crippen molar-refractivity contribution in [3.63, 3.8) is 0 Å². The van der Waals surface area contributed by atoms with Crippen LogP contribution in [0.3, 0.4) is 0 Å². The molecule has 0 atom stereocenters. The van der Waals surface area contributed by atoms with Gasteiger partial charge < -0.3 is 10.2 Å². The van der Waals surface area contributed by atoms with Crippen LogP contribution in [0.4, 0.5) is 11.4 Å². The molecule has 0 bridgehead atoms. The molecule has 0 aliphatic carbocycles. The van der Waals surface area contributed by atoms with Crippen LogP contribution < -0.4 is 10.2 Å². The molecule has 0 spiro atoms. The fourth-order valence-electron chi connectivity index (χ4n) is 3.42. The van der Waals surface area contributed by atoms with Gasteiger partial charge in [-0.3, -0.25) is 9.79 Å². The number of amidine groups is 1. The number of nitrogens with one attached hydrogen (secondary N) is 1. The molecule has 0 saturated heterocycles. The summed E-state index contributed by atoms with van der Waals surface area (Å²) < 4.78 is 0. The van der Waals surface area contributed by atoms with Gasteiger partial charge in [-0.1, -0.05) is 42.1 Å². The Morgan fingerprint density at radius 3 is 2.90 bits per heavy atom. The fourth-order valence-corrected chi connectivity index (χ4v) is 5.18. The summed E-state index contributed by atoms with van der Waals surface area (Å²) in [4.78, 5) is 29.5. The van der Waals surface area contributed by atoms with E-state index in [1.54, 1.807) is 11.8 Å².